The average Bonchev–Trinajstić information content (AvgIpc) is 2.84. The first-order valence-electron chi connectivity index (χ1n) is 10.5. The number of anilines is 1. The molecule has 1 aromatic carbocycles. The summed E-state index contributed by atoms with van der Waals surface area (Å²) in [4.78, 5) is 27.4. The highest BCUT2D eigenvalue weighted by molar-refractivity contribution is 5.74. The summed E-state index contributed by atoms with van der Waals surface area (Å²) in [5.41, 5.74) is 0.876. The first kappa shape index (κ1) is 21.4. The Morgan fingerprint density at radius 3 is 2.75 bits per heavy atom. The van der Waals surface area contributed by atoms with Crippen LogP contribution < -0.4 is 25.0 Å². The topological polar surface area (TPSA) is 102 Å². The van der Waals surface area contributed by atoms with Gasteiger partial charge in [0.05, 0.1) is 7.11 Å². The van der Waals surface area contributed by atoms with Crippen LogP contribution in [-0.2, 0) is 6.54 Å². The fourth-order valence-corrected chi connectivity index (χ4v) is 3.51. The van der Waals surface area contributed by atoms with Crippen LogP contribution >= 0.6 is 0 Å². The van der Waals surface area contributed by atoms with Crippen LogP contribution in [0.1, 0.15) is 18.4 Å². The molecule has 1 fully saturated rings. The van der Waals surface area contributed by atoms with E-state index < -0.39 is 0 Å². The van der Waals surface area contributed by atoms with Gasteiger partial charge in [-0.2, -0.15) is 0 Å². The average molecular weight is 435 g/mol. The Hall–Kier alpha value is -3.88. The molecule has 0 saturated carbocycles. The van der Waals surface area contributed by atoms with Gasteiger partial charge in [0.2, 0.25) is 11.8 Å². The van der Waals surface area contributed by atoms with Crippen molar-refractivity contribution in [2.45, 2.75) is 25.4 Å². The Kier molecular flexibility index (Phi) is 6.96. The number of hydrogen-bond acceptors (Lipinski definition) is 7. The van der Waals surface area contributed by atoms with E-state index in [9.17, 15) is 4.79 Å². The van der Waals surface area contributed by atoms with E-state index in [0.717, 1.165) is 24.9 Å². The number of rotatable bonds is 7. The Morgan fingerprint density at radius 2 is 1.97 bits per heavy atom. The Labute approximate surface area is 186 Å². The number of carbonyl (C=O) groups is 1. The zero-order valence-corrected chi connectivity index (χ0v) is 17.9. The molecule has 1 aliphatic rings. The molecule has 3 aromatic rings. The van der Waals surface area contributed by atoms with E-state index in [4.69, 9.17) is 9.47 Å². The second-order valence-corrected chi connectivity index (χ2v) is 7.45. The highest BCUT2D eigenvalue weighted by atomic mass is 16.5. The van der Waals surface area contributed by atoms with Gasteiger partial charge >= 0.3 is 6.03 Å². The van der Waals surface area contributed by atoms with Crippen LogP contribution in [0.25, 0.3) is 0 Å². The number of ether oxygens (including phenoxy) is 2. The van der Waals surface area contributed by atoms with Crippen LogP contribution in [0, 0.1) is 0 Å². The van der Waals surface area contributed by atoms with Crippen molar-refractivity contribution in [3.63, 3.8) is 0 Å². The van der Waals surface area contributed by atoms with Crippen molar-refractivity contribution in [3.8, 4) is 17.4 Å². The van der Waals surface area contributed by atoms with E-state index in [-0.39, 0.29) is 12.1 Å². The number of nitrogens with one attached hydrogen (secondary N) is 2. The molecule has 9 nitrogen and oxygen atoms in total. The summed E-state index contributed by atoms with van der Waals surface area (Å²) in [6.07, 6.45) is 7.04. The number of nitrogens with zero attached hydrogens (tertiary/aromatic N) is 4. The van der Waals surface area contributed by atoms with Gasteiger partial charge in [-0.1, -0.05) is 12.1 Å². The highest BCUT2D eigenvalue weighted by Crippen LogP contribution is 2.23. The minimum Gasteiger partial charge on any atom is -0.497 e. The first-order valence-corrected chi connectivity index (χ1v) is 10.5. The minimum atomic E-state index is -0.206. The third-order valence-corrected chi connectivity index (χ3v) is 5.11. The first-order chi connectivity index (χ1) is 15.7. The van der Waals surface area contributed by atoms with E-state index in [1.807, 2.05) is 24.3 Å². The smallest absolute Gasteiger partial charge is 0.315 e. The molecule has 2 N–H and O–H groups in total. The number of pyridine rings is 1. The number of benzene rings is 1. The zero-order valence-electron chi connectivity index (χ0n) is 17.9. The van der Waals surface area contributed by atoms with Gasteiger partial charge in [-0.05, 0) is 36.6 Å². The molecule has 0 spiro atoms. The van der Waals surface area contributed by atoms with Gasteiger partial charge in [-0.3, -0.25) is 0 Å². The van der Waals surface area contributed by atoms with Crippen molar-refractivity contribution in [1.29, 1.82) is 0 Å². The monoisotopic (exact) mass is 434 g/mol. The molecule has 0 radical (unpaired) electrons. The number of piperidine rings is 1. The molecule has 32 heavy (non-hydrogen) atoms. The van der Waals surface area contributed by atoms with Gasteiger partial charge in [0.15, 0.2) is 0 Å². The molecule has 1 saturated heterocycles. The summed E-state index contributed by atoms with van der Waals surface area (Å²) in [6.45, 7) is 1.95. The number of methoxy groups -OCH3 is 1. The van der Waals surface area contributed by atoms with Crippen molar-refractivity contribution in [3.05, 3.63) is 66.6 Å². The number of carbonyl (C=O) groups excluding carboxylic acids is 1. The van der Waals surface area contributed by atoms with Gasteiger partial charge in [-0.25, -0.2) is 19.7 Å². The molecule has 166 valence electrons. The summed E-state index contributed by atoms with van der Waals surface area (Å²) in [5.74, 6) is 2.52. The van der Waals surface area contributed by atoms with Crippen LogP contribution in [-0.4, -0.2) is 47.2 Å². The summed E-state index contributed by atoms with van der Waals surface area (Å²) >= 11 is 0. The molecule has 0 aliphatic carbocycles. The van der Waals surface area contributed by atoms with Crippen molar-refractivity contribution < 1.29 is 14.3 Å². The molecule has 1 aliphatic heterocycles. The SMILES string of the molecule is COc1cccc(Oc2ccc(CNC(=O)NC3CCCN(c4ncccn4)C3)cn2)c1. The lowest BCUT2D eigenvalue weighted by molar-refractivity contribution is 0.234. The summed E-state index contributed by atoms with van der Waals surface area (Å²) in [7, 11) is 1.61. The fraction of sp³-hybridized carbons (Fsp3) is 0.304. The normalized spacial score (nSPS) is 15.7. The third kappa shape index (κ3) is 5.84. The molecule has 0 bridgehead atoms. The quantitative estimate of drug-likeness (QED) is 0.589. The summed E-state index contributed by atoms with van der Waals surface area (Å²) in [5, 5.41) is 5.93. The highest BCUT2D eigenvalue weighted by Gasteiger charge is 2.22. The molecule has 3 heterocycles. The maximum absolute atomic E-state index is 12.4. The van der Waals surface area contributed by atoms with E-state index in [0.29, 0.717) is 36.4 Å². The zero-order chi connectivity index (χ0) is 22.2. The van der Waals surface area contributed by atoms with Gasteiger partial charge in [0.1, 0.15) is 11.5 Å². The number of amides is 2. The maximum atomic E-state index is 12.4. The molecule has 2 aromatic heterocycles. The fourth-order valence-electron chi connectivity index (χ4n) is 3.51. The van der Waals surface area contributed by atoms with Gasteiger partial charge in [-0.15, -0.1) is 0 Å². The largest absolute Gasteiger partial charge is 0.497 e. The predicted molar refractivity (Wildman–Crippen MR) is 120 cm³/mol. The van der Waals surface area contributed by atoms with Crippen LogP contribution in [0.3, 0.4) is 0 Å². The Morgan fingerprint density at radius 1 is 1.12 bits per heavy atom. The van der Waals surface area contributed by atoms with E-state index >= 15 is 0 Å². The van der Waals surface area contributed by atoms with Gasteiger partial charge in [0.25, 0.3) is 0 Å². The Balaban J connectivity index is 1.24. The number of aromatic nitrogens is 3. The molecule has 4 rings (SSSR count). The van der Waals surface area contributed by atoms with Crippen molar-refractivity contribution in [2.24, 2.45) is 0 Å². The van der Waals surface area contributed by atoms with Crippen LogP contribution in [0.4, 0.5) is 10.7 Å². The van der Waals surface area contributed by atoms with Gasteiger partial charge < -0.3 is 25.0 Å². The van der Waals surface area contributed by atoms with Crippen LogP contribution in [0.2, 0.25) is 0 Å². The second kappa shape index (κ2) is 10.4. The van der Waals surface area contributed by atoms with Crippen LogP contribution in [0.5, 0.6) is 17.4 Å². The van der Waals surface area contributed by atoms with E-state index in [1.54, 1.807) is 43.9 Å². The molecule has 2 amide bonds. The minimum absolute atomic E-state index is 0.0457. The van der Waals surface area contributed by atoms with Crippen molar-refractivity contribution in [2.75, 3.05) is 25.1 Å². The molecule has 1 unspecified atom stereocenters. The van der Waals surface area contributed by atoms with Crippen molar-refractivity contribution in [1.82, 2.24) is 25.6 Å². The molecular weight excluding hydrogens is 408 g/mol. The predicted octanol–water partition coefficient (Wildman–Crippen LogP) is 3.14. The molecule has 9 heteroatoms. The van der Waals surface area contributed by atoms with Crippen LogP contribution in [0.15, 0.2) is 61.1 Å². The lowest BCUT2D eigenvalue weighted by Gasteiger charge is -2.33. The third-order valence-electron chi connectivity index (χ3n) is 5.11. The Bertz CT molecular complexity index is 1020. The van der Waals surface area contributed by atoms with E-state index in [2.05, 4.69) is 30.5 Å². The number of hydrogen-bond donors (Lipinski definition) is 2. The lowest BCUT2D eigenvalue weighted by atomic mass is 10.1. The van der Waals surface area contributed by atoms with Crippen molar-refractivity contribution >= 4 is 12.0 Å². The lowest BCUT2D eigenvalue weighted by Crippen LogP contribution is -2.50. The second-order valence-electron chi connectivity index (χ2n) is 7.45. The summed E-state index contributed by atoms with van der Waals surface area (Å²) < 4.78 is 10.9. The molecule has 1 atom stereocenters. The summed E-state index contributed by atoms with van der Waals surface area (Å²) in [6, 6.07) is 12.6. The number of urea groups is 1. The molecular formula is C23H26N6O3. The van der Waals surface area contributed by atoms with E-state index in [1.165, 1.54) is 0 Å². The van der Waals surface area contributed by atoms with Gasteiger partial charge in [0, 0.05) is 56.4 Å². The maximum Gasteiger partial charge on any atom is 0.315 e. The standard InChI is InChI=1S/C23H26N6O3/c1-31-19-6-2-7-20(13-19)32-21-9-8-17(14-26-21)15-27-23(30)28-18-5-3-12-29(16-18)22-24-10-4-11-25-22/h2,4,6-11,13-14,18H,3,5,12,15-16H2,1H3,(H2,27,28,30).